The fourth-order valence-corrected chi connectivity index (χ4v) is 1.58. The molecule has 0 unspecified atom stereocenters. The van der Waals surface area contributed by atoms with Gasteiger partial charge in [-0.3, -0.25) is 0 Å². The number of aliphatic carboxylic acids is 2. The summed E-state index contributed by atoms with van der Waals surface area (Å²) in [5.74, 6) is -3.63. The van der Waals surface area contributed by atoms with E-state index in [1.54, 1.807) is 12.1 Å². The van der Waals surface area contributed by atoms with Crippen molar-refractivity contribution in [3.05, 3.63) is 29.8 Å². The van der Waals surface area contributed by atoms with E-state index in [4.69, 9.17) is 10.2 Å². The van der Waals surface area contributed by atoms with Crippen LogP contribution in [0.5, 0.6) is 0 Å². The zero-order valence-electron chi connectivity index (χ0n) is 10.6. The lowest BCUT2D eigenvalue weighted by atomic mass is 9.94. The molecule has 1 aromatic rings. The number of rotatable bonds is 7. The van der Waals surface area contributed by atoms with E-state index < -0.39 is 17.5 Å². The molecule has 0 atom stereocenters. The van der Waals surface area contributed by atoms with E-state index in [0.29, 0.717) is 0 Å². The fraction of sp³-hybridized carbons (Fsp3) is 0.385. The summed E-state index contributed by atoms with van der Waals surface area (Å²) in [6.07, 6.45) is 2.04. The first-order valence-electron chi connectivity index (χ1n) is 5.96. The first-order chi connectivity index (χ1) is 8.92. The Morgan fingerprint density at radius 3 is 2.11 bits per heavy atom. The molecule has 0 heterocycles. The quantitative estimate of drug-likeness (QED) is 0.437. The van der Waals surface area contributed by atoms with Gasteiger partial charge < -0.3 is 20.6 Å². The average Bonchev–Trinajstić information content (AvgIpc) is 2.38. The molecule has 1 aromatic carbocycles. The van der Waals surface area contributed by atoms with Crippen LogP contribution in [-0.4, -0.2) is 33.8 Å². The molecule has 1 rings (SSSR count). The van der Waals surface area contributed by atoms with Crippen molar-refractivity contribution in [2.45, 2.75) is 25.4 Å². The summed E-state index contributed by atoms with van der Waals surface area (Å²) in [6, 6.07) is 5.66. The van der Waals surface area contributed by atoms with E-state index in [-0.39, 0.29) is 5.56 Å². The zero-order chi connectivity index (χ0) is 14.5. The van der Waals surface area contributed by atoms with Crippen LogP contribution >= 0.6 is 0 Å². The van der Waals surface area contributed by atoms with Crippen molar-refractivity contribution in [3.63, 3.8) is 0 Å². The molecule has 0 bridgehead atoms. The van der Waals surface area contributed by atoms with Crippen LogP contribution in [0.4, 0.5) is 5.69 Å². The highest BCUT2D eigenvalue weighted by Crippen LogP contribution is 2.23. The topological polar surface area (TPSA) is 107 Å². The highest BCUT2D eigenvalue weighted by Gasteiger charge is 2.46. The fourth-order valence-electron chi connectivity index (χ4n) is 1.58. The van der Waals surface area contributed by atoms with Gasteiger partial charge in [0, 0.05) is 17.8 Å². The molecule has 19 heavy (non-hydrogen) atoms. The summed E-state index contributed by atoms with van der Waals surface area (Å²) >= 11 is 0. The molecule has 0 spiro atoms. The molecular weight excluding hydrogens is 250 g/mol. The Hall–Kier alpha value is -2.08. The zero-order valence-corrected chi connectivity index (χ0v) is 10.6. The highest BCUT2D eigenvalue weighted by molar-refractivity contribution is 6.02. The highest BCUT2D eigenvalue weighted by atomic mass is 16.4. The number of hydrogen-bond donors (Lipinski definition) is 4. The molecule has 0 aromatic heterocycles. The van der Waals surface area contributed by atoms with Crippen LogP contribution in [0.1, 0.15) is 25.3 Å². The second kappa shape index (κ2) is 6.19. The van der Waals surface area contributed by atoms with Crippen molar-refractivity contribution in [2.24, 2.45) is 0 Å². The second-order valence-corrected chi connectivity index (χ2v) is 4.18. The molecule has 4 N–H and O–H groups in total. The lowest BCUT2D eigenvalue weighted by molar-refractivity contribution is -0.177. The number of carboxylic acids is 2. The predicted molar refractivity (Wildman–Crippen MR) is 69.0 cm³/mol. The maximum Gasteiger partial charge on any atom is 0.352 e. The summed E-state index contributed by atoms with van der Waals surface area (Å²) in [5, 5.41) is 30.5. The molecule has 0 saturated heterocycles. The number of carboxylic acid groups (broad SMARTS) is 2. The predicted octanol–water partition coefficient (Wildman–Crippen LogP) is 1.26. The third-order valence-corrected chi connectivity index (χ3v) is 2.78. The molecule has 104 valence electrons. The number of benzene rings is 1. The van der Waals surface area contributed by atoms with E-state index in [2.05, 4.69) is 12.2 Å². The van der Waals surface area contributed by atoms with Crippen LogP contribution in [0, 0.1) is 0 Å². The van der Waals surface area contributed by atoms with E-state index in [1.807, 2.05) is 0 Å². The number of hydrogen-bond acceptors (Lipinski definition) is 4. The normalized spacial score (nSPS) is 11.1. The first kappa shape index (κ1) is 15.0. The van der Waals surface area contributed by atoms with Gasteiger partial charge in [-0.15, -0.1) is 0 Å². The Morgan fingerprint density at radius 2 is 1.68 bits per heavy atom. The van der Waals surface area contributed by atoms with Crippen molar-refractivity contribution in [2.75, 3.05) is 11.9 Å². The summed E-state index contributed by atoms with van der Waals surface area (Å²) in [6.45, 7) is 2.84. The number of nitrogens with one attached hydrogen (secondary N) is 1. The van der Waals surface area contributed by atoms with E-state index in [9.17, 15) is 14.7 Å². The van der Waals surface area contributed by atoms with Gasteiger partial charge in [0.2, 0.25) is 0 Å². The Bertz CT molecular complexity index is 441. The van der Waals surface area contributed by atoms with Crippen LogP contribution in [-0.2, 0) is 15.2 Å². The molecule has 0 saturated carbocycles. The van der Waals surface area contributed by atoms with Crippen molar-refractivity contribution in [3.8, 4) is 0 Å². The smallest absolute Gasteiger partial charge is 0.352 e. The van der Waals surface area contributed by atoms with Gasteiger partial charge in [-0.2, -0.15) is 0 Å². The number of carbonyl (C=O) groups is 2. The van der Waals surface area contributed by atoms with Crippen LogP contribution < -0.4 is 5.32 Å². The Labute approximate surface area is 110 Å². The van der Waals surface area contributed by atoms with Gasteiger partial charge in [-0.05, 0) is 18.6 Å². The minimum absolute atomic E-state index is 0.187. The number of aliphatic hydroxyl groups is 1. The molecule has 0 radical (unpaired) electrons. The Balaban J connectivity index is 2.91. The van der Waals surface area contributed by atoms with Crippen LogP contribution in [0.3, 0.4) is 0 Å². The van der Waals surface area contributed by atoms with Crippen LogP contribution in [0.25, 0.3) is 0 Å². The Kier molecular flexibility index (Phi) is 4.88. The molecule has 0 aliphatic carbocycles. The molecule has 6 heteroatoms. The van der Waals surface area contributed by atoms with Gasteiger partial charge in [0.1, 0.15) is 0 Å². The summed E-state index contributed by atoms with van der Waals surface area (Å²) in [5.41, 5.74) is -2.36. The van der Waals surface area contributed by atoms with E-state index in [1.165, 1.54) is 12.1 Å². The van der Waals surface area contributed by atoms with Gasteiger partial charge in [0.25, 0.3) is 5.60 Å². The minimum Gasteiger partial charge on any atom is -0.478 e. The van der Waals surface area contributed by atoms with Crippen molar-refractivity contribution in [1.29, 1.82) is 0 Å². The van der Waals surface area contributed by atoms with Crippen LogP contribution in [0.2, 0.25) is 0 Å². The minimum atomic E-state index is -2.91. The second-order valence-electron chi connectivity index (χ2n) is 4.18. The largest absolute Gasteiger partial charge is 0.478 e. The summed E-state index contributed by atoms with van der Waals surface area (Å²) < 4.78 is 0. The van der Waals surface area contributed by atoms with Crippen molar-refractivity contribution in [1.82, 2.24) is 0 Å². The molecule has 6 nitrogen and oxygen atoms in total. The van der Waals surface area contributed by atoms with Gasteiger partial charge in [-0.1, -0.05) is 25.5 Å². The van der Waals surface area contributed by atoms with Crippen molar-refractivity contribution < 1.29 is 24.9 Å². The molecular formula is C13H17NO5. The molecule has 0 aliphatic rings. The monoisotopic (exact) mass is 267 g/mol. The SMILES string of the molecule is CCCCNc1ccc(C(O)(C(=O)O)C(=O)O)cc1. The Morgan fingerprint density at radius 1 is 1.16 bits per heavy atom. The lowest BCUT2D eigenvalue weighted by Crippen LogP contribution is -2.43. The summed E-state index contributed by atoms with van der Waals surface area (Å²) in [4.78, 5) is 21.8. The maximum atomic E-state index is 10.9. The third-order valence-electron chi connectivity index (χ3n) is 2.78. The van der Waals surface area contributed by atoms with E-state index >= 15 is 0 Å². The van der Waals surface area contributed by atoms with Gasteiger partial charge >= 0.3 is 11.9 Å². The third kappa shape index (κ3) is 3.23. The average molecular weight is 267 g/mol. The van der Waals surface area contributed by atoms with Gasteiger partial charge in [0.05, 0.1) is 0 Å². The van der Waals surface area contributed by atoms with E-state index in [0.717, 1.165) is 25.1 Å². The molecule has 0 aliphatic heterocycles. The number of anilines is 1. The number of unbranched alkanes of at least 4 members (excludes halogenated alkanes) is 1. The maximum absolute atomic E-state index is 10.9. The van der Waals surface area contributed by atoms with Gasteiger partial charge in [0.15, 0.2) is 0 Å². The molecule has 0 fully saturated rings. The summed E-state index contributed by atoms with van der Waals surface area (Å²) in [7, 11) is 0. The molecule has 0 amide bonds. The lowest BCUT2D eigenvalue weighted by Gasteiger charge is -2.19. The van der Waals surface area contributed by atoms with Gasteiger partial charge in [-0.25, -0.2) is 9.59 Å². The van der Waals surface area contributed by atoms with Crippen LogP contribution in [0.15, 0.2) is 24.3 Å². The standard InChI is InChI=1S/C13H17NO5/c1-2-3-8-14-10-6-4-9(5-7-10)13(19,11(15)16)12(17)18/h4-7,14,19H,2-3,8H2,1H3,(H,15,16)(H,17,18). The van der Waals surface area contributed by atoms with Crippen molar-refractivity contribution >= 4 is 17.6 Å². The first-order valence-corrected chi connectivity index (χ1v) is 5.96.